The summed E-state index contributed by atoms with van der Waals surface area (Å²) in [6.45, 7) is 4.00. The molecular weight excluding hydrogens is 326 g/mol. The van der Waals surface area contributed by atoms with Crippen LogP contribution in [-0.4, -0.2) is 18.0 Å². The normalized spacial score (nSPS) is 10.3. The molecule has 0 fully saturated rings. The minimum absolute atomic E-state index is 0.251. The first-order valence-electron chi connectivity index (χ1n) is 8.31. The van der Waals surface area contributed by atoms with Crippen molar-refractivity contribution >= 4 is 23.0 Å². The van der Waals surface area contributed by atoms with Crippen LogP contribution in [0.25, 0.3) is 0 Å². The molecule has 1 aromatic heterocycles. The molecule has 0 bridgehead atoms. The van der Waals surface area contributed by atoms with Crippen LogP contribution in [0, 0.1) is 13.8 Å². The number of benzene rings is 2. The van der Waals surface area contributed by atoms with Gasteiger partial charge in [-0.25, -0.2) is 0 Å². The molecule has 0 aliphatic heterocycles. The Balaban J connectivity index is 1.79. The molecule has 1 amide bonds. The number of pyridine rings is 1. The van der Waals surface area contributed by atoms with Gasteiger partial charge in [-0.3, -0.25) is 9.78 Å². The summed E-state index contributed by atoms with van der Waals surface area (Å²) >= 11 is 0. The number of aromatic nitrogens is 1. The van der Waals surface area contributed by atoms with Gasteiger partial charge in [-0.1, -0.05) is 18.2 Å². The number of amides is 1. The first-order valence-corrected chi connectivity index (χ1v) is 8.31. The fraction of sp³-hybridized carbons (Fsp3) is 0.143. The molecule has 0 atom stereocenters. The number of hydrogen-bond acceptors (Lipinski definition) is 4. The summed E-state index contributed by atoms with van der Waals surface area (Å²) in [6, 6.07) is 17.0. The highest BCUT2D eigenvalue weighted by atomic mass is 16.5. The van der Waals surface area contributed by atoms with E-state index in [1.54, 1.807) is 25.4 Å². The van der Waals surface area contributed by atoms with Gasteiger partial charge in [0, 0.05) is 17.6 Å². The number of anilines is 3. The molecular formula is C21H21N3O2. The minimum Gasteiger partial charge on any atom is -0.495 e. The highest BCUT2D eigenvalue weighted by Crippen LogP contribution is 2.27. The van der Waals surface area contributed by atoms with Gasteiger partial charge >= 0.3 is 0 Å². The van der Waals surface area contributed by atoms with Gasteiger partial charge in [0.15, 0.2) is 0 Å². The number of methoxy groups -OCH3 is 1. The number of aryl methyl sites for hydroxylation is 2. The number of rotatable bonds is 5. The number of para-hydroxylation sites is 2. The molecule has 0 aliphatic rings. The zero-order valence-electron chi connectivity index (χ0n) is 15.0. The molecule has 0 radical (unpaired) electrons. The predicted octanol–water partition coefficient (Wildman–Crippen LogP) is 4.70. The van der Waals surface area contributed by atoms with Gasteiger partial charge < -0.3 is 15.4 Å². The topological polar surface area (TPSA) is 63.2 Å². The van der Waals surface area contributed by atoms with Crippen molar-refractivity contribution in [3.05, 3.63) is 77.6 Å². The lowest BCUT2D eigenvalue weighted by atomic mass is 10.1. The summed E-state index contributed by atoms with van der Waals surface area (Å²) in [6.07, 6.45) is 1.61. The Bertz CT molecular complexity index is 918. The molecule has 0 saturated heterocycles. The van der Waals surface area contributed by atoms with Crippen molar-refractivity contribution in [2.24, 2.45) is 0 Å². The van der Waals surface area contributed by atoms with E-state index in [-0.39, 0.29) is 5.91 Å². The molecule has 26 heavy (non-hydrogen) atoms. The second kappa shape index (κ2) is 7.70. The Labute approximate surface area is 153 Å². The van der Waals surface area contributed by atoms with E-state index >= 15 is 0 Å². The monoisotopic (exact) mass is 347 g/mol. The maximum Gasteiger partial charge on any atom is 0.274 e. The molecule has 0 saturated carbocycles. The molecule has 5 heteroatoms. The van der Waals surface area contributed by atoms with Crippen molar-refractivity contribution in [3.63, 3.8) is 0 Å². The maximum absolute atomic E-state index is 12.5. The average Bonchev–Trinajstić information content (AvgIpc) is 2.61. The van der Waals surface area contributed by atoms with Crippen molar-refractivity contribution < 1.29 is 9.53 Å². The van der Waals surface area contributed by atoms with Crippen molar-refractivity contribution in [1.82, 2.24) is 4.98 Å². The number of hydrogen-bond donors (Lipinski definition) is 2. The van der Waals surface area contributed by atoms with Gasteiger partial charge in [0.2, 0.25) is 0 Å². The van der Waals surface area contributed by atoms with Crippen molar-refractivity contribution in [2.75, 3.05) is 17.7 Å². The zero-order chi connectivity index (χ0) is 18.5. The van der Waals surface area contributed by atoms with E-state index in [0.29, 0.717) is 5.69 Å². The van der Waals surface area contributed by atoms with Gasteiger partial charge in [-0.15, -0.1) is 0 Å². The highest BCUT2D eigenvalue weighted by molar-refractivity contribution is 6.03. The Morgan fingerprint density at radius 3 is 2.42 bits per heavy atom. The van der Waals surface area contributed by atoms with Crippen LogP contribution in [0.4, 0.5) is 17.1 Å². The summed E-state index contributed by atoms with van der Waals surface area (Å²) < 4.78 is 5.34. The summed E-state index contributed by atoms with van der Waals surface area (Å²) in [4.78, 5) is 16.7. The first kappa shape index (κ1) is 17.5. The lowest BCUT2D eigenvalue weighted by Crippen LogP contribution is -2.14. The summed E-state index contributed by atoms with van der Waals surface area (Å²) in [5.41, 5.74) is 4.87. The molecule has 3 aromatic rings. The average molecular weight is 347 g/mol. The van der Waals surface area contributed by atoms with E-state index in [4.69, 9.17) is 4.74 Å². The third-order valence-electron chi connectivity index (χ3n) is 3.86. The molecule has 2 aromatic carbocycles. The first-order chi connectivity index (χ1) is 12.5. The van der Waals surface area contributed by atoms with Gasteiger partial charge in [0.25, 0.3) is 5.91 Å². The Hall–Kier alpha value is -3.34. The number of carbonyl (C=O) groups is 1. The smallest absolute Gasteiger partial charge is 0.274 e. The Kier molecular flexibility index (Phi) is 5.17. The summed E-state index contributed by atoms with van der Waals surface area (Å²) in [5.74, 6) is 0.476. The SMILES string of the molecule is COc1ccccc1Nc1ccnc(C(=O)Nc2cc(C)cc(C)c2)c1. The largest absolute Gasteiger partial charge is 0.495 e. The minimum atomic E-state index is -0.251. The van der Waals surface area contributed by atoms with E-state index in [1.165, 1.54) is 0 Å². The molecule has 1 heterocycles. The van der Waals surface area contributed by atoms with E-state index in [9.17, 15) is 4.79 Å². The van der Waals surface area contributed by atoms with Crippen molar-refractivity contribution in [3.8, 4) is 5.75 Å². The number of carbonyl (C=O) groups excluding carboxylic acids is 1. The van der Waals surface area contributed by atoms with E-state index in [1.807, 2.05) is 50.2 Å². The van der Waals surface area contributed by atoms with Crippen LogP contribution < -0.4 is 15.4 Å². The van der Waals surface area contributed by atoms with E-state index < -0.39 is 0 Å². The van der Waals surface area contributed by atoms with E-state index in [0.717, 1.165) is 33.9 Å². The molecule has 2 N–H and O–H groups in total. The van der Waals surface area contributed by atoms with Crippen molar-refractivity contribution in [2.45, 2.75) is 13.8 Å². The number of ether oxygens (including phenoxy) is 1. The van der Waals surface area contributed by atoms with Gasteiger partial charge in [-0.2, -0.15) is 0 Å². The number of nitrogens with one attached hydrogen (secondary N) is 2. The lowest BCUT2D eigenvalue weighted by molar-refractivity contribution is 0.102. The van der Waals surface area contributed by atoms with Crippen LogP contribution in [0.3, 0.4) is 0 Å². The second-order valence-electron chi connectivity index (χ2n) is 6.09. The molecule has 0 unspecified atom stereocenters. The van der Waals surface area contributed by atoms with E-state index in [2.05, 4.69) is 21.7 Å². The standard InChI is InChI=1S/C21H21N3O2/c1-14-10-15(2)12-17(11-14)24-21(25)19-13-16(8-9-22-19)23-18-6-4-5-7-20(18)26-3/h4-13H,1-3H3,(H,22,23)(H,24,25). The third-order valence-corrected chi connectivity index (χ3v) is 3.86. The van der Waals surface area contributed by atoms with Crippen LogP contribution in [0.15, 0.2) is 60.8 Å². The predicted molar refractivity (Wildman–Crippen MR) is 104 cm³/mol. The number of nitrogens with zero attached hydrogens (tertiary/aromatic N) is 1. The van der Waals surface area contributed by atoms with Crippen LogP contribution in [-0.2, 0) is 0 Å². The molecule has 0 spiro atoms. The van der Waals surface area contributed by atoms with Gasteiger partial charge in [-0.05, 0) is 61.4 Å². The third kappa shape index (κ3) is 4.19. The lowest BCUT2D eigenvalue weighted by Gasteiger charge is -2.12. The highest BCUT2D eigenvalue weighted by Gasteiger charge is 2.10. The summed E-state index contributed by atoms with van der Waals surface area (Å²) in [5, 5.41) is 6.16. The molecule has 5 nitrogen and oxygen atoms in total. The quantitative estimate of drug-likeness (QED) is 0.702. The fourth-order valence-corrected chi connectivity index (χ4v) is 2.78. The molecule has 0 aliphatic carbocycles. The maximum atomic E-state index is 12.5. The van der Waals surface area contributed by atoms with Crippen LogP contribution in [0.1, 0.15) is 21.6 Å². The second-order valence-corrected chi connectivity index (χ2v) is 6.09. The fourth-order valence-electron chi connectivity index (χ4n) is 2.78. The van der Waals surface area contributed by atoms with Crippen LogP contribution in [0.5, 0.6) is 5.75 Å². The van der Waals surface area contributed by atoms with Crippen molar-refractivity contribution in [1.29, 1.82) is 0 Å². The van der Waals surface area contributed by atoms with Gasteiger partial charge in [0.1, 0.15) is 11.4 Å². The van der Waals surface area contributed by atoms with Crippen LogP contribution in [0.2, 0.25) is 0 Å². The molecule has 3 rings (SSSR count). The Morgan fingerprint density at radius 1 is 0.962 bits per heavy atom. The van der Waals surface area contributed by atoms with Gasteiger partial charge in [0.05, 0.1) is 12.8 Å². The molecule has 132 valence electrons. The zero-order valence-corrected chi connectivity index (χ0v) is 15.0. The van der Waals surface area contributed by atoms with Crippen LogP contribution >= 0.6 is 0 Å². The Morgan fingerprint density at radius 2 is 1.69 bits per heavy atom. The summed E-state index contributed by atoms with van der Waals surface area (Å²) in [7, 11) is 1.62.